The zero-order chi connectivity index (χ0) is 19.3. The van der Waals surface area contributed by atoms with Crippen LogP contribution in [0.5, 0.6) is 0 Å². The van der Waals surface area contributed by atoms with Crippen LogP contribution in [-0.2, 0) is 16.4 Å². The molecule has 0 unspecified atom stereocenters. The molecule has 0 radical (unpaired) electrons. The van der Waals surface area contributed by atoms with Crippen LogP contribution >= 0.6 is 11.3 Å². The van der Waals surface area contributed by atoms with E-state index < -0.39 is 10.0 Å². The number of pyridine rings is 1. The van der Waals surface area contributed by atoms with Crippen molar-refractivity contribution in [2.75, 3.05) is 5.32 Å². The van der Waals surface area contributed by atoms with Crippen molar-refractivity contribution in [3.05, 3.63) is 76.1 Å². The van der Waals surface area contributed by atoms with Gasteiger partial charge in [-0.25, -0.2) is 18.5 Å². The van der Waals surface area contributed by atoms with E-state index in [1.807, 2.05) is 11.4 Å². The molecule has 0 saturated heterocycles. The minimum absolute atomic E-state index is 0.000927. The predicted octanol–water partition coefficient (Wildman–Crippen LogP) is 4.33. The number of unbranched alkanes of at least 4 members (excludes halogenated alkanes) is 1. The van der Waals surface area contributed by atoms with Crippen molar-refractivity contribution in [1.29, 1.82) is 0 Å². The van der Waals surface area contributed by atoms with Crippen molar-refractivity contribution in [3.63, 3.8) is 0 Å². The molecular formula is C20H23N3O2S2. The zero-order valence-electron chi connectivity index (χ0n) is 15.1. The second kappa shape index (κ2) is 8.65. The number of nitrogens with zero attached hydrogens (tertiary/aromatic N) is 1. The number of aromatic nitrogens is 1. The molecule has 0 aliphatic rings. The maximum atomic E-state index is 11.4. The molecule has 0 aliphatic heterocycles. The van der Waals surface area contributed by atoms with Gasteiger partial charge in [0, 0.05) is 11.1 Å². The Morgan fingerprint density at radius 2 is 1.93 bits per heavy atom. The lowest BCUT2D eigenvalue weighted by atomic mass is 10.0. The van der Waals surface area contributed by atoms with Crippen LogP contribution in [0, 0.1) is 0 Å². The molecule has 142 valence electrons. The molecule has 1 atom stereocenters. The molecule has 0 spiro atoms. The van der Waals surface area contributed by atoms with Gasteiger partial charge in [0.2, 0.25) is 10.0 Å². The van der Waals surface area contributed by atoms with E-state index in [-0.39, 0.29) is 10.9 Å². The molecule has 1 aromatic carbocycles. The van der Waals surface area contributed by atoms with E-state index in [1.54, 1.807) is 17.4 Å². The third-order valence-electron chi connectivity index (χ3n) is 4.32. The summed E-state index contributed by atoms with van der Waals surface area (Å²) in [5, 5.41) is 10.6. The summed E-state index contributed by atoms with van der Waals surface area (Å²) < 4.78 is 22.8. The SMILES string of the molecule is CCCCc1ccc([C@H](Nc2ccc(S(N)(=O)=O)cn2)c2cccs2)cc1. The molecule has 2 heterocycles. The number of primary sulfonamides is 1. The van der Waals surface area contributed by atoms with E-state index in [2.05, 4.69) is 47.6 Å². The van der Waals surface area contributed by atoms with Crippen LogP contribution in [0.2, 0.25) is 0 Å². The summed E-state index contributed by atoms with van der Waals surface area (Å²) in [6.45, 7) is 2.19. The van der Waals surface area contributed by atoms with Crippen molar-refractivity contribution >= 4 is 27.2 Å². The van der Waals surface area contributed by atoms with Gasteiger partial charge >= 0.3 is 0 Å². The first-order valence-corrected chi connectivity index (χ1v) is 11.3. The smallest absolute Gasteiger partial charge is 0.239 e. The van der Waals surface area contributed by atoms with Crippen LogP contribution in [0.15, 0.2) is 65.0 Å². The van der Waals surface area contributed by atoms with E-state index in [9.17, 15) is 8.42 Å². The maximum Gasteiger partial charge on any atom is 0.239 e. The fourth-order valence-electron chi connectivity index (χ4n) is 2.81. The number of nitrogens with one attached hydrogen (secondary N) is 1. The molecule has 27 heavy (non-hydrogen) atoms. The Hall–Kier alpha value is -2.22. The Labute approximate surface area is 164 Å². The number of benzene rings is 1. The summed E-state index contributed by atoms with van der Waals surface area (Å²) >= 11 is 1.66. The van der Waals surface area contributed by atoms with Crippen LogP contribution < -0.4 is 10.5 Å². The molecule has 3 rings (SSSR count). The molecule has 0 fully saturated rings. The Morgan fingerprint density at radius 3 is 2.48 bits per heavy atom. The number of hydrogen-bond donors (Lipinski definition) is 2. The van der Waals surface area contributed by atoms with Gasteiger partial charge < -0.3 is 5.32 Å². The fourth-order valence-corrected chi connectivity index (χ4v) is 4.07. The average molecular weight is 402 g/mol. The van der Waals surface area contributed by atoms with Gasteiger partial charge in [0.05, 0.1) is 6.04 Å². The zero-order valence-corrected chi connectivity index (χ0v) is 16.8. The maximum absolute atomic E-state index is 11.4. The third kappa shape index (κ3) is 5.15. The molecule has 0 saturated carbocycles. The van der Waals surface area contributed by atoms with Gasteiger partial charge in [-0.15, -0.1) is 11.3 Å². The van der Waals surface area contributed by atoms with E-state index in [4.69, 9.17) is 5.14 Å². The Bertz CT molecular complexity index is 951. The normalized spacial score (nSPS) is 12.7. The van der Waals surface area contributed by atoms with Gasteiger partial charge in [0.15, 0.2) is 0 Å². The summed E-state index contributed by atoms with van der Waals surface area (Å²) in [6.07, 6.45) is 4.73. The van der Waals surface area contributed by atoms with Gasteiger partial charge in [-0.2, -0.15) is 0 Å². The summed E-state index contributed by atoms with van der Waals surface area (Å²) in [7, 11) is -3.74. The first-order chi connectivity index (χ1) is 13.0. The lowest BCUT2D eigenvalue weighted by Crippen LogP contribution is -2.14. The summed E-state index contributed by atoms with van der Waals surface area (Å²) in [6, 6.07) is 15.8. The predicted molar refractivity (Wildman–Crippen MR) is 110 cm³/mol. The Kier molecular flexibility index (Phi) is 6.26. The number of nitrogens with two attached hydrogens (primary N) is 1. The first kappa shape index (κ1) is 19.5. The first-order valence-electron chi connectivity index (χ1n) is 8.85. The Balaban J connectivity index is 1.84. The van der Waals surface area contributed by atoms with E-state index in [0.29, 0.717) is 5.82 Å². The molecule has 7 heteroatoms. The molecule has 0 amide bonds. The minimum Gasteiger partial charge on any atom is -0.358 e. The summed E-state index contributed by atoms with van der Waals surface area (Å²) in [5.74, 6) is 0.593. The number of hydrogen-bond acceptors (Lipinski definition) is 5. The second-order valence-corrected chi connectivity index (χ2v) is 8.90. The van der Waals surface area contributed by atoms with Gasteiger partial charge in [-0.05, 0) is 47.5 Å². The highest BCUT2D eigenvalue weighted by Gasteiger charge is 2.16. The van der Waals surface area contributed by atoms with E-state index in [0.717, 1.165) is 16.9 Å². The van der Waals surface area contributed by atoms with Gasteiger partial charge in [-0.3, -0.25) is 0 Å². The number of sulfonamides is 1. The number of anilines is 1. The third-order valence-corrected chi connectivity index (χ3v) is 6.15. The van der Waals surface area contributed by atoms with Crippen LogP contribution in [-0.4, -0.2) is 13.4 Å². The average Bonchev–Trinajstić information content (AvgIpc) is 3.19. The van der Waals surface area contributed by atoms with Crippen LogP contribution in [0.3, 0.4) is 0 Å². The molecule has 2 aromatic heterocycles. The lowest BCUT2D eigenvalue weighted by molar-refractivity contribution is 0.597. The number of aryl methyl sites for hydroxylation is 1. The summed E-state index contributed by atoms with van der Waals surface area (Å²) in [4.78, 5) is 5.37. The summed E-state index contributed by atoms with van der Waals surface area (Å²) in [5.41, 5.74) is 2.47. The molecular weight excluding hydrogens is 378 g/mol. The van der Waals surface area contributed by atoms with Crippen molar-refractivity contribution in [2.24, 2.45) is 5.14 Å². The topological polar surface area (TPSA) is 85.1 Å². The van der Waals surface area contributed by atoms with Crippen LogP contribution in [0.1, 0.15) is 41.8 Å². The monoisotopic (exact) mass is 401 g/mol. The number of rotatable bonds is 8. The van der Waals surface area contributed by atoms with Crippen LogP contribution in [0.4, 0.5) is 5.82 Å². The number of thiophene rings is 1. The van der Waals surface area contributed by atoms with Crippen molar-refractivity contribution < 1.29 is 8.42 Å². The van der Waals surface area contributed by atoms with Gasteiger partial charge in [0.1, 0.15) is 10.7 Å². The molecule has 5 nitrogen and oxygen atoms in total. The highest BCUT2D eigenvalue weighted by Crippen LogP contribution is 2.29. The van der Waals surface area contributed by atoms with Gasteiger partial charge in [-0.1, -0.05) is 43.7 Å². The highest BCUT2D eigenvalue weighted by molar-refractivity contribution is 7.89. The molecule has 3 aromatic rings. The van der Waals surface area contributed by atoms with Crippen molar-refractivity contribution in [1.82, 2.24) is 4.98 Å². The standard InChI is InChI=1S/C20H23N3O2S2/c1-2-3-5-15-7-9-16(10-8-15)20(18-6-4-13-26-18)23-19-12-11-17(14-22-19)27(21,24)25/h4,6-14,20H,2-3,5H2,1H3,(H,22,23)(H2,21,24,25)/t20-/m0/s1. The van der Waals surface area contributed by atoms with Crippen molar-refractivity contribution in [3.8, 4) is 0 Å². The highest BCUT2D eigenvalue weighted by atomic mass is 32.2. The minimum atomic E-state index is -3.74. The fraction of sp³-hybridized carbons (Fsp3) is 0.250. The van der Waals surface area contributed by atoms with E-state index in [1.165, 1.54) is 30.7 Å². The molecule has 0 bridgehead atoms. The van der Waals surface area contributed by atoms with Gasteiger partial charge in [0.25, 0.3) is 0 Å². The second-order valence-electron chi connectivity index (χ2n) is 6.36. The van der Waals surface area contributed by atoms with E-state index >= 15 is 0 Å². The quantitative estimate of drug-likeness (QED) is 0.588. The Morgan fingerprint density at radius 1 is 1.15 bits per heavy atom. The lowest BCUT2D eigenvalue weighted by Gasteiger charge is -2.19. The molecule has 0 aliphatic carbocycles. The molecule has 3 N–H and O–H groups in total. The van der Waals surface area contributed by atoms with Crippen molar-refractivity contribution in [2.45, 2.75) is 37.1 Å². The largest absolute Gasteiger partial charge is 0.358 e. The van der Waals surface area contributed by atoms with Crippen LogP contribution in [0.25, 0.3) is 0 Å².